The molecule has 0 saturated carbocycles. The van der Waals surface area contributed by atoms with E-state index in [1.807, 2.05) is 26.0 Å². The van der Waals surface area contributed by atoms with E-state index in [4.69, 9.17) is 4.74 Å². The van der Waals surface area contributed by atoms with Crippen LogP contribution in [0.2, 0.25) is 0 Å². The number of para-hydroxylation sites is 1. The maximum absolute atomic E-state index is 13.5. The van der Waals surface area contributed by atoms with Crippen LogP contribution in [-0.2, 0) is 16.4 Å². The summed E-state index contributed by atoms with van der Waals surface area (Å²) in [5, 5.41) is 0. The van der Waals surface area contributed by atoms with Crippen LogP contribution in [0.15, 0.2) is 77.7 Å². The number of carbonyl (C=O) groups excluding carboxylic acids is 1. The fraction of sp³-hybridized carbons (Fsp3) is 0.174. The predicted molar refractivity (Wildman–Crippen MR) is 114 cm³/mol. The molecule has 0 spiro atoms. The Morgan fingerprint density at radius 2 is 1.55 bits per heavy atom. The Labute approximate surface area is 171 Å². The molecule has 5 nitrogen and oxygen atoms in total. The number of methoxy groups -OCH3 is 1. The number of benzene rings is 3. The second-order valence-electron chi connectivity index (χ2n) is 6.61. The van der Waals surface area contributed by atoms with Crippen molar-refractivity contribution in [3.8, 4) is 5.75 Å². The van der Waals surface area contributed by atoms with Crippen LogP contribution in [0, 0.1) is 6.92 Å². The third kappa shape index (κ3) is 4.17. The molecule has 0 aliphatic rings. The van der Waals surface area contributed by atoms with Crippen molar-refractivity contribution in [1.82, 2.24) is 0 Å². The van der Waals surface area contributed by atoms with E-state index in [9.17, 15) is 13.2 Å². The first kappa shape index (κ1) is 20.6. The third-order valence-electron chi connectivity index (χ3n) is 4.66. The number of anilines is 1. The summed E-state index contributed by atoms with van der Waals surface area (Å²) in [6.07, 6.45) is 0.811. The number of aryl methyl sites for hydroxylation is 2. The van der Waals surface area contributed by atoms with E-state index in [0.717, 1.165) is 21.9 Å². The van der Waals surface area contributed by atoms with Crippen molar-refractivity contribution in [2.24, 2.45) is 0 Å². The van der Waals surface area contributed by atoms with Crippen LogP contribution in [0.5, 0.6) is 5.75 Å². The Balaban J connectivity index is 2.18. The lowest BCUT2D eigenvalue weighted by Crippen LogP contribution is -2.37. The van der Waals surface area contributed by atoms with E-state index in [1.165, 1.54) is 19.2 Å². The van der Waals surface area contributed by atoms with E-state index < -0.39 is 15.9 Å². The minimum atomic E-state index is -4.13. The van der Waals surface area contributed by atoms with Gasteiger partial charge in [0.15, 0.2) is 0 Å². The molecule has 3 rings (SSSR count). The molecule has 0 fully saturated rings. The van der Waals surface area contributed by atoms with Crippen molar-refractivity contribution in [2.45, 2.75) is 25.2 Å². The van der Waals surface area contributed by atoms with Gasteiger partial charge in [0.2, 0.25) is 0 Å². The molecule has 0 saturated heterocycles. The Morgan fingerprint density at radius 3 is 2.14 bits per heavy atom. The second-order valence-corrected chi connectivity index (χ2v) is 8.39. The van der Waals surface area contributed by atoms with Crippen molar-refractivity contribution in [3.05, 3.63) is 89.5 Å². The summed E-state index contributed by atoms with van der Waals surface area (Å²) in [6, 6.07) is 20.0. The van der Waals surface area contributed by atoms with E-state index in [0.29, 0.717) is 5.75 Å². The Morgan fingerprint density at radius 1 is 0.931 bits per heavy atom. The molecule has 0 heterocycles. The number of hydrogen-bond donors (Lipinski definition) is 0. The zero-order valence-corrected chi connectivity index (χ0v) is 17.4. The molecule has 0 radical (unpaired) electrons. The van der Waals surface area contributed by atoms with Gasteiger partial charge in [-0.1, -0.05) is 48.9 Å². The van der Waals surface area contributed by atoms with Crippen molar-refractivity contribution < 1.29 is 17.9 Å². The zero-order chi connectivity index (χ0) is 21.0. The van der Waals surface area contributed by atoms with E-state index in [2.05, 4.69) is 0 Å². The van der Waals surface area contributed by atoms with Gasteiger partial charge in [-0.15, -0.1) is 0 Å². The summed E-state index contributed by atoms with van der Waals surface area (Å²) in [4.78, 5) is 13.5. The highest BCUT2D eigenvalue weighted by molar-refractivity contribution is 7.93. The molecule has 0 bridgehead atoms. The van der Waals surface area contributed by atoms with Gasteiger partial charge in [0.25, 0.3) is 15.9 Å². The molecule has 0 aromatic heterocycles. The maximum Gasteiger partial charge on any atom is 0.276 e. The fourth-order valence-electron chi connectivity index (χ4n) is 2.98. The molecule has 0 N–H and O–H groups in total. The summed E-state index contributed by atoms with van der Waals surface area (Å²) in [5.41, 5.74) is 2.42. The van der Waals surface area contributed by atoms with Crippen LogP contribution in [0.4, 0.5) is 5.69 Å². The lowest BCUT2D eigenvalue weighted by atomic mass is 10.1. The van der Waals surface area contributed by atoms with Gasteiger partial charge in [-0.05, 0) is 55.3 Å². The molecule has 0 aliphatic heterocycles. The van der Waals surface area contributed by atoms with Gasteiger partial charge in [0.05, 0.1) is 23.3 Å². The monoisotopic (exact) mass is 409 g/mol. The van der Waals surface area contributed by atoms with Crippen LogP contribution in [-0.4, -0.2) is 21.4 Å². The number of sulfonamides is 1. The summed E-state index contributed by atoms with van der Waals surface area (Å²) in [7, 11) is -2.69. The number of hydrogen-bond acceptors (Lipinski definition) is 4. The highest BCUT2D eigenvalue weighted by atomic mass is 32.2. The molecule has 0 atom stereocenters. The average molecular weight is 410 g/mol. The first-order chi connectivity index (χ1) is 13.9. The standard InChI is InChI=1S/C23H23NO4S/c1-4-18-11-13-19(14-12-18)24(23(25)21-7-5-6-8-22(21)28-3)29(26,27)20-15-9-17(2)10-16-20/h5-16H,4H2,1-3H3. The van der Waals surface area contributed by atoms with Crippen molar-refractivity contribution in [2.75, 3.05) is 11.4 Å². The molecule has 3 aromatic rings. The number of amides is 1. The molecule has 29 heavy (non-hydrogen) atoms. The van der Waals surface area contributed by atoms with Gasteiger partial charge in [-0.25, -0.2) is 8.42 Å². The lowest BCUT2D eigenvalue weighted by molar-refractivity contribution is 0.100. The molecule has 0 unspecified atom stereocenters. The molecule has 1 amide bonds. The highest BCUT2D eigenvalue weighted by Gasteiger charge is 2.33. The first-order valence-corrected chi connectivity index (χ1v) is 10.7. The largest absolute Gasteiger partial charge is 0.496 e. The number of carbonyl (C=O) groups is 1. The predicted octanol–water partition coefficient (Wildman–Crippen LogP) is 4.60. The van der Waals surface area contributed by atoms with Crippen LogP contribution >= 0.6 is 0 Å². The number of ether oxygens (including phenoxy) is 1. The Bertz CT molecular complexity index is 1100. The van der Waals surface area contributed by atoms with Crippen LogP contribution in [0.3, 0.4) is 0 Å². The number of rotatable bonds is 6. The molecular weight excluding hydrogens is 386 g/mol. The molecule has 0 aliphatic carbocycles. The minimum absolute atomic E-state index is 0.0471. The van der Waals surface area contributed by atoms with Crippen LogP contribution < -0.4 is 9.04 Å². The summed E-state index contributed by atoms with van der Waals surface area (Å²) in [6.45, 7) is 3.88. The quantitative estimate of drug-likeness (QED) is 0.597. The molecule has 3 aromatic carbocycles. The van der Waals surface area contributed by atoms with Gasteiger partial charge in [-0.2, -0.15) is 4.31 Å². The Hall–Kier alpha value is -3.12. The summed E-state index contributed by atoms with van der Waals surface area (Å²) in [5.74, 6) is -0.362. The fourth-order valence-corrected chi connectivity index (χ4v) is 4.39. The van der Waals surface area contributed by atoms with Gasteiger partial charge in [0.1, 0.15) is 5.75 Å². The first-order valence-electron chi connectivity index (χ1n) is 9.26. The zero-order valence-electron chi connectivity index (χ0n) is 16.6. The molecule has 6 heteroatoms. The van der Waals surface area contributed by atoms with Crippen molar-refractivity contribution >= 4 is 21.6 Å². The van der Waals surface area contributed by atoms with Crippen molar-refractivity contribution in [3.63, 3.8) is 0 Å². The SMILES string of the molecule is CCc1ccc(N(C(=O)c2ccccc2OC)S(=O)(=O)c2ccc(C)cc2)cc1. The van der Waals surface area contributed by atoms with Gasteiger partial charge >= 0.3 is 0 Å². The highest BCUT2D eigenvalue weighted by Crippen LogP contribution is 2.29. The van der Waals surface area contributed by atoms with E-state index in [-0.39, 0.29) is 16.1 Å². The normalized spacial score (nSPS) is 11.1. The third-order valence-corrected chi connectivity index (χ3v) is 6.39. The van der Waals surface area contributed by atoms with Gasteiger partial charge < -0.3 is 4.74 Å². The molecular formula is C23H23NO4S. The summed E-state index contributed by atoms with van der Waals surface area (Å²) < 4.78 is 33.1. The minimum Gasteiger partial charge on any atom is -0.496 e. The van der Waals surface area contributed by atoms with Crippen LogP contribution in [0.1, 0.15) is 28.4 Å². The molecule has 150 valence electrons. The number of nitrogens with zero attached hydrogens (tertiary/aromatic N) is 1. The van der Waals surface area contributed by atoms with E-state index >= 15 is 0 Å². The van der Waals surface area contributed by atoms with Crippen molar-refractivity contribution in [1.29, 1.82) is 0 Å². The lowest BCUT2D eigenvalue weighted by Gasteiger charge is -2.24. The average Bonchev–Trinajstić information content (AvgIpc) is 2.74. The van der Waals surface area contributed by atoms with E-state index in [1.54, 1.807) is 48.5 Å². The topological polar surface area (TPSA) is 63.7 Å². The van der Waals surface area contributed by atoms with Gasteiger partial charge in [0, 0.05) is 0 Å². The maximum atomic E-state index is 13.5. The second kappa shape index (κ2) is 8.49. The smallest absolute Gasteiger partial charge is 0.276 e. The van der Waals surface area contributed by atoms with Crippen LogP contribution in [0.25, 0.3) is 0 Å². The van der Waals surface area contributed by atoms with Gasteiger partial charge in [-0.3, -0.25) is 4.79 Å². The Kier molecular flexibility index (Phi) is 6.03. The summed E-state index contributed by atoms with van der Waals surface area (Å²) >= 11 is 0.